The lowest BCUT2D eigenvalue weighted by atomic mass is 10.0. The lowest BCUT2D eigenvalue weighted by Gasteiger charge is -2.20. The average Bonchev–Trinajstić information content (AvgIpc) is 2.70. The fourth-order valence-corrected chi connectivity index (χ4v) is 2.06. The molecule has 1 aliphatic heterocycles. The smallest absolute Gasteiger partial charge is 0.0514 e. The van der Waals surface area contributed by atoms with Crippen LogP contribution in [0.3, 0.4) is 0 Å². The third kappa shape index (κ3) is 2.72. The SMILES string of the molecule is Cc1cccc(NC(C)C2CCOC2)c1. The van der Waals surface area contributed by atoms with E-state index >= 15 is 0 Å². The van der Waals surface area contributed by atoms with Gasteiger partial charge < -0.3 is 10.1 Å². The normalized spacial score (nSPS) is 22.7. The highest BCUT2D eigenvalue weighted by molar-refractivity contribution is 5.46. The van der Waals surface area contributed by atoms with Crippen LogP contribution >= 0.6 is 0 Å². The summed E-state index contributed by atoms with van der Waals surface area (Å²) in [5.74, 6) is 0.658. The highest BCUT2D eigenvalue weighted by Gasteiger charge is 2.21. The van der Waals surface area contributed by atoms with E-state index in [-0.39, 0.29) is 0 Å². The number of hydrogen-bond donors (Lipinski definition) is 1. The zero-order valence-corrected chi connectivity index (χ0v) is 9.49. The zero-order valence-electron chi connectivity index (χ0n) is 9.49. The second-order valence-electron chi connectivity index (χ2n) is 4.43. The van der Waals surface area contributed by atoms with Gasteiger partial charge in [0.25, 0.3) is 0 Å². The van der Waals surface area contributed by atoms with Gasteiger partial charge in [0.1, 0.15) is 0 Å². The van der Waals surface area contributed by atoms with Crippen molar-refractivity contribution in [2.75, 3.05) is 18.5 Å². The summed E-state index contributed by atoms with van der Waals surface area (Å²) in [5, 5.41) is 3.54. The van der Waals surface area contributed by atoms with Gasteiger partial charge in [0.2, 0.25) is 0 Å². The molecule has 0 aliphatic carbocycles. The van der Waals surface area contributed by atoms with E-state index in [0.29, 0.717) is 12.0 Å². The maximum atomic E-state index is 5.40. The first kappa shape index (κ1) is 10.5. The van der Waals surface area contributed by atoms with Crippen molar-refractivity contribution in [1.29, 1.82) is 0 Å². The third-order valence-electron chi connectivity index (χ3n) is 3.08. The molecule has 1 heterocycles. The van der Waals surface area contributed by atoms with Crippen LogP contribution in [0.5, 0.6) is 0 Å². The van der Waals surface area contributed by atoms with Crippen molar-refractivity contribution < 1.29 is 4.74 Å². The molecule has 0 spiro atoms. The maximum Gasteiger partial charge on any atom is 0.0514 e. The van der Waals surface area contributed by atoms with E-state index in [1.54, 1.807) is 0 Å². The van der Waals surface area contributed by atoms with Crippen molar-refractivity contribution in [2.24, 2.45) is 5.92 Å². The van der Waals surface area contributed by atoms with Crippen LogP contribution in [0.25, 0.3) is 0 Å². The molecule has 15 heavy (non-hydrogen) atoms. The highest BCUT2D eigenvalue weighted by atomic mass is 16.5. The molecule has 0 amide bonds. The summed E-state index contributed by atoms with van der Waals surface area (Å²) in [4.78, 5) is 0. The molecule has 2 atom stereocenters. The van der Waals surface area contributed by atoms with Crippen LogP contribution in [-0.4, -0.2) is 19.3 Å². The van der Waals surface area contributed by atoms with E-state index < -0.39 is 0 Å². The summed E-state index contributed by atoms with van der Waals surface area (Å²) in [6.07, 6.45) is 1.18. The van der Waals surface area contributed by atoms with Crippen LogP contribution < -0.4 is 5.32 Å². The van der Waals surface area contributed by atoms with Crippen molar-refractivity contribution in [1.82, 2.24) is 0 Å². The highest BCUT2D eigenvalue weighted by Crippen LogP contribution is 2.20. The Balaban J connectivity index is 1.95. The number of ether oxygens (including phenoxy) is 1. The molecule has 2 rings (SSSR count). The minimum absolute atomic E-state index is 0.495. The third-order valence-corrected chi connectivity index (χ3v) is 3.08. The van der Waals surface area contributed by atoms with E-state index in [9.17, 15) is 0 Å². The van der Waals surface area contributed by atoms with Gasteiger partial charge in [-0.3, -0.25) is 0 Å². The molecular formula is C13H19NO. The number of hydrogen-bond acceptors (Lipinski definition) is 2. The molecule has 82 valence electrons. The molecule has 1 fully saturated rings. The van der Waals surface area contributed by atoms with Crippen LogP contribution in [0.2, 0.25) is 0 Å². The van der Waals surface area contributed by atoms with Crippen molar-refractivity contribution >= 4 is 5.69 Å². The second kappa shape index (κ2) is 4.67. The first-order valence-electron chi connectivity index (χ1n) is 5.66. The van der Waals surface area contributed by atoms with Crippen molar-refractivity contribution in [3.63, 3.8) is 0 Å². The predicted octanol–water partition coefficient (Wildman–Crippen LogP) is 2.83. The summed E-state index contributed by atoms with van der Waals surface area (Å²) < 4.78 is 5.40. The Hall–Kier alpha value is -1.02. The quantitative estimate of drug-likeness (QED) is 0.819. The van der Waals surface area contributed by atoms with E-state index in [4.69, 9.17) is 4.74 Å². The Morgan fingerprint density at radius 1 is 1.47 bits per heavy atom. The van der Waals surface area contributed by atoms with E-state index in [0.717, 1.165) is 13.2 Å². The zero-order chi connectivity index (χ0) is 10.7. The number of rotatable bonds is 3. The molecule has 1 aromatic carbocycles. The van der Waals surface area contributed by atoms with Gasteiger partial charge in [-0.2, -0.15) is 0 Å². The van der Waals surface area contributed by atoms with Gasteiger partial charge in [0.15, 0.2) is 0 Å². The van der Waals surface area contributed by atoms with Gasteiger partial charge in [0.05, 0.1) is 6.61 Å². The number of aryl methyl sites for hydroxylation is 1. The number of anilines is 1. The largest absolute Gasteiger partial charge is 0.382 e. The minimum atomic E-state index is 0.495. The molecule has 1 aliphatic rings. The maximum absolute atomic E-state index is 5.40. The van der Waals surface area contributed by atoms with Gasteiger partial charge >= 0.3 is 0 Å². The molecule has 2 nitrogen and oxygen atoms in total. The summed E-state index contributed by atoms with van der Waals surface area (Å²) in [6.45, 7) is 6.18. The Morgan fingerprint density at radius 3 is 3.00 bits per heavy atom. The van der Waals surface area contributed by atoms with Gasteiger partial charge in [-0.25, -0.2) is 0 Å². The molecule has 0 bridgehead atoms. The molecule has 2 unspecified atom stereocenters. The molecule has 1 aromatic rings. The van der Waals surface area contributed by atoms with E-state index in [2.05, 4.69) is 43.4 Å². The standard InChI is InChI=1S/C13H19NO/c1-10-4-3-5-13(8-10)14-11(2)12-6-7-15-9-12/h3-5,8,11-12,14H,6-7,9H2,1-2H3. The van der Waals surface area contributed by atoms with Crippen LogP contribution in [0.1, 0.15) is 18.9 Å². The molecule has 1 saturated heterocycles. The fraction of sp³-hybridized carbons (Fsp3) is 0.538. The Labute approximate surface area is 91.6 Å². The predicted molar refractivity (Wildman–Crippen MR) is 63.2 cm³/mol. The van der Waals surface area contributed by atoms with Crippen LogP contribution in [0, 0.1) is 12.8 Å². The Bertz CT molecular complexity index is 318. The van der Waals surface area contributed by atoms with Gasteiger partial charge in [-0.05, 0) is 38.0 Å². The molecule has 0 aromatic heterocycles. The first-order chi connectivity index (χ1) is 7.25. The van der Waals surface area contributed by atoms with E-state index in [1.165, 1.54) is 17.7 Å². The second-order valence-corrected chi connectivity index (χ2v) is 4.43. The lowest BCUT2D eigenvalue weighted by Crippen LogP contribution is -2.26. The Kier molecular flexibility index (Phi) is 3.27. The summed E-state index contributed by atoms with van der Waals surface area (Å²) >= 11 is 0. The van der Waals surface area contributed by atoms with Gasteiger partial charge in [-0.15, -0.1) is 0 Å². The average molecular weight is 205 g/mol. The van der Waals surface area contributed by atoms with Gasteiger partial charge in [-0.1, -0.05) is 12.1 Å². The van der Waals surface area contributed by atoms with E-state index in [1.807, 2.05) is 0 Å². The molecule has 0 radical (unpaired) electrons. The summed E-state index contributed by atoms with van der Waals surface area (Å²) in [5.41, 5.74) is 2.52. The summed E-state index contributed by atoms with van der Waals surface area (Å²) in [6, 6.07) is 9.02. The van der Waals surface area contributed by atoms with Crippen LogP contribution in [-0.2, 0) is 4.74 Å². The van der Waals surface area contributed by atoms with Crippen molar-refractivity contribution in [3.8, 4) is 0 Å². The number of nitrogens with one attached hydrogen (secondary N) is 1. The van der Waals surface area contributed by atoms with Gasteiger partial charge in [0, 0.05) is 24.3 Å². The van der Waals surface area contributed by atoms with Crippen LogP contribution in [0.4, 0.5) is 5.69 Å². The van der Waals surface area contributed by atoms with Crippen LogP contribution in [0.15, 0.2) is 24.3 Å². The molecular weight excluding hydrogens is 186 g/mol. The number of benzene rings is 1. The minimum Gasteiger partial charge on any atom is -0.382 e. The van der Waals surface area contributed by atoms with Crippen molar-refractivity contribution in [2.45, 2.75) is 26.3 Å². The molecule has 1 N–H and O–H groups in total. The fourth-order valence-electron chi connectivity index (χ4n) is 2.06. The topological polar surface area (TPSA) is 21.3 Å². The lowest BCUT2D eigenvalue weighted by molar-refractivity contribution is 0.183. The molecule has 2 heteroatoms. The van der Waals surface area contributed by atoms with Crippen molar-refractivity contribution in [3.05, 3.63) is 29.8 Å². The Morgan fingerprint density at radius 2 is 2.33 bits per heavy atom. The summed E-state index contributed by atoms with van der Waals surface area (Å²) in [7, 11) is 0. The first-order valence-corrected chi connectivity index (χ1v) is 5.66. The molecule has 0 saturated carbocycles. The monoisotopic (exact) mass is 205 g/mol.